The SMILES string of the molecule is CCCNCC1CCC(CN(CC)CC2CC2)O1. The van der Waals surface area contributed by atoms with Crippen molar-refractivity contribution in [1.82, 2.24) is 10.2 Å². The lowest BCUT2D eigenvalue weighted by Gasteiger charge is -2.24. The fourth-order valence-corrected chi connectivity index (χ4v) is 2.79. The molecule has 1 aliphatic carbocycles. The van der Waals surface area contributed by atoms with Gasteiger partial charge < -0.3 is 15.0 Å². The predicted molar refractivity (Wildman–Crippen MR) is 75.9 cm³/mol. The van der Waals surface area contributed by atoms with Crippen LogP contribution in [0.2, 0.25) is 0 Å². The summed E-state index contributed by atoms with van der Waals surface area (Å²) in [5.41, 5.74) is 0. The first kappa shape index (κ1) is 14.3. The lowest BCUT2D eigenvalue weighted by atomic mass is 10.2. The number of ether oxygens (including phenoxy) is 1. The fourth-order valence-electron chi connectivity index (χ4n) is 2.79. The Kier molecular flexibility index (Phi) is 5.93. The molecule has 1 saturated carbocycles. The van der Waals surface area contributed by atoms with Crippen LogP contribution in [0.3, 0.4) is 0 Å². The Morgan fingerprint density at radius 2 is 1.83 bits per heavy atom. The Morgan fingerprint density at radius 1 is 1.06 bits per heavy atom. The van der Waals surface area contributed by atoms with Gasteiger partial charge in [0.1, 0.15) is 0 Å². The highest BCUT2D eigenvalue weighted by atomic mass is 16.5. The van der Waals surface area contributed by atoms with Gasteiger partial charge in [-0.25, -0.2) is 0 Å². The topological polar surface area (TPSA) is 24.5 Å². The smallest absolute Gasteiger partial charge is 0.0707 e. The molecular formula is C15H30N2O. The van der Waals surface area contributed by atoms with Crippen LogP contribution in [0.15, 0.2) is 0 Å². The van der Waals surface area contributed by atoms with E-state index in [9.17, 15) is 0 Å². The summed E-state index contributed by atoms with van der Waals surface area (Å²) in [6, 6.07) is 0. The van der Waals surface area contributed by atoms with Crippen LogP contribution in [-0.2, 0) is 4.74 Å². The summed E-state index contributed by atoms with van der Waals surface area (Å²) < 4.78 is 6.14. The monoisotopic (exact) mass is 254 g/mol. The van der Waals surface area contributed by atoms with Crippen molar-refractivity contribution in [3.63, 3.8) is 0 Å². The fraction of sp³-hybridized carbons (Fsp3) is 1.00. The van der Waals surface area contributed by atoms with E-state index in [4.69, 9.17) is 4.74 Å². The molecular weight excluding hydrogens is 224 g/mol. The zero-order valence-corrected chi connectivity index (χ0v) is 12.2. The molecule has 1 saturated heterocycles. The van der Waals surface area contributed by atoms with Crippen LogP contribution in [-0.4, -0.2) is 49.8 Å². The van der Waals surface area contributed by atoms with Gasteiger partial charge in [-0.05, 0) is 51.1 Å². The van der Waals surface area contributed by atoms with Crippen LogP contribution >= 0.6 is 0 Å². The first-order valence-corrected chi connectivity index (χ1v) is 7.90. The molecule has 0 aromatic carbocycles. The molecule has 1 aliphatic heterocycles. The summed E-state index contributed by atoms with van der Waals surface area (Å²) in [5.74, 6) is 0.994. The first-order valence-electron chi connectivity index (χ1n) is 7.90. The van der Waals surface area contributed by atoms with E-state index in [2.05, 4.69) is 24.1 Å². The van der Waals surface area contributed by atoms with Crippen LogP contribution in [0.4, 0.5) is 0 Å². The molecule has 2 atom stereocenters. The van der Waals surface area contributed by atoms with Gasteiger partial charge in [0, 0.05) is 19.6 Å². The Balaban J connectivity index is 1.61. The molecule has 0 aromatic rings. The average Bonchev–Trinajstić information content (AvgIpc) is 3.08. The molecule has 3 heteroatoms. The molecule has 2 fully saturated rings. The second-order valence-corrected chi connectivity index (χ2v) is 5.96. The summed E-state index contributed by atoms with van der Waals surface area (Å²) in [5, 5.41) is 3.47. The van der Waals surface area contributed by atoms with Gasteiger partial charge in [0.05, 0.1) is 12.2 Å². The third kappa shape index (κ3) is 4.87. The molecule has 0 amide bonds. The van der Waals surface area contributed by atoms with Crippen molar-refractivity contribution in [3.8, 4) is 0 Å². The molecule has 1 N–H and O–H groups in total. The minimum absolute atomic E-state index is 0.459. The standard InChI is InChI=1S/C15H30N2O/c1-3-9-16-10-14-7-8-15(18-14)12-17(4-2)11-13-5-6-13/h13-16H,3-12H2,1-2H3. The quantitative estimate of drug-likeness (QED) is 0.639. The molecule has 0 bridgehead atoms. The molecule has 2 aliphatic rings. The Labute approximate surface area is 112 Å². The molecule has 2 rings (SSSR count). The third-order valence-electron chi connectivity index (χ3n) is 4.12. The van der Waals surface area contributed by atoms with Gasteiger partial charge in [0.2, 0.25) is 0 Å². The van der Waals surface area contributed by atoms with Crippen LogP contribution < -0.4 is 5.32 Å². The molecule has 0 aromatic heterocycles. The van der Waals surface area contributed by atoms with Crippen molar-refractivity contribution < 1.29 is 4.74 Å². The zero-order chi connectivity index (χ0) is 12.8. The van der Waals surface area contributed by atoms with Crippen molar-refractivity contribution in [1.29, 1.82) is 0 Å². The maximum Gasteiger partial charge on any atom is 0.0707 e. The third-order valence-corrected chi connectivity index (χ3v) is 4.12. The summed E-state index contributed by atoms with van der Waals surface area (Å²) in [6.45, 7) is 10.3. The highest BCUT2D eigenvalue weighted by molar-refractivity contribution is 4.81. The van der Waals surface area contributed by atoms with Crippen LogP contribution in [0, 0.1) is 5.92 Å². The van der Waals surface area contributed by atoms with E-state index in [1.165, 1.54) is 45.2 Å². The van der Waals surface area contributed by atoms with Gasteiger partial charge in [-0.2, -0.15) is 0 Å². The van der Waals surface area contributed by atoms with Crippen molar-refractivity contribution >= 4 is 0 Å². The van der Waals surface area contributed by atoms with Crippen molar-refractivity contribution in [2.45, 2.75) is 58.2 Å². The summed E-state index contributed by atoms with van der Waals surface area (Å²) in [7, 11) is 0. The Hall–Kier alpha value is -0.120. The second kappa shape index (κ2) is 7.46. The highest BCUT2D eigenvalue weighted by Crippen LogP contribution is 2.30. The van der Waals surface area contributed by atoms with Crippen molar-refractivity contribution in [3.05, 3.63) is 0 Å². The molecule has 18 heavy (non-hydrogen) atoms. The Bertz CT molecular complexity index is 231. The lowest BCUT2D eigenvalue weighted by molar-refractivity contribution is 0.0236. The van der Waals surface area contributed by atoms with Gasteiger partial charge in [-0.15, -0.1) is 0 Å². The number of rotatable bonds is 9. The van der Waals surface area contributed by atoms with E-state index in [1.807, 2.05) is 0 Å². The molecule has 106 valence electrons. The average molecular weight is 254 g/mol. The first-order chi connectivity index (χ1) is 8.81. The highest BCUT2D eigenvalue weighted by Gasteiger charge is 2.29. The molecule has 2 unspecified atom stereocenters. The van der Waals surface area contributed by atoms with Crippen LogP contribution in [0.1, 0.15) is 46.0 Å². The van der Waals surface area contributed by atoms with E-state index in [0.717, 1.165) is 25.6 Å². The minimum atomic E-state index is 0.459. The van der Waals surface area contributed by atoms with E-state index < -0.39 is 0 Å². The lowest BCUT2D eigenvalue weighted by Crippen LogP contribution is -2.35. The van der Waals surface area contributed by atoms with E-state index in [0.29, 0.717) is 12.2 Å². The minimum Gasteiger partial charge on any atom is -0.372 e. The number of hydrogen-bond donors (Lipinski definition) is 1. The number of nitrogens with one attached hydrogen (secondary N) is 1. The molecule has 3 nitrogen and oxygen atoms in total. The number of hydrogen-bond acceptors (Lipinski definition) is 3. The van der Waals surface area contributed by atoms with Gasteiger partial charge in [-0.1, -0.05) is 13.8 Å². The summed E-state index contributed by atoms with van der Waals surface area (Å²) in [6.07, 6.45) is 7.54. The number of nitrogens with zero attached hydrogens (tertiary/aromatic N) is 1. The van der Waals surface area contributed by atoms with E-state index in [1.54, 1.807) is 0 Å². The van der Waals surface area contributed by atoms with E-state index in [-0.39, 0.29) is 0 Å². The molecule has 1 heterocycles. The summed E-state index contributed by atoms with van der Waals surface area (Å²) >= 11 is 0. The maximum atomic E-state index is 6.14. The van der Waals surface area contributed by atoms with Gasteiger partial charge in [0.15, 0.2) is 0 Å². The Morgan fingerprint density at radius 3 is 2.50 bits per heavy atom. The van der Waals surface area contributed by atoms with Crippen molar-refractivity contribution in [2.75, 3.05) is 32.7 Å². The van der Waals surface area contributed by atoms with Crippen LogP contribution in [0.25, 0.3) is 0 Å². The summed E-state index contributed by atoms with van der Waals surface area (Å²) in [4.78, 5) is 2.59. The normalized spacial score (nSPS) is 28.2. The zero-order valence-electron chi connectivity index (χ0n) is 12.2. The molecule has 0 radical (unpaired) electrons. The van der Waals surface area contributed by atoms with Gasteiger partial charge >= 0.3 is 0 Å². The predicted octanol–water partition coefficient (Wildman–Crippen LogP) is 2.27. The number of likely N-dealkylation sites (N-methyl/N-ethyl adjacent to an activating group) is 1. The van der Waals surface area contributed by atoms with Gasteiger partial charge in [0.25, 0.3) is 0 Å². The second-order valence-electron chi connectivity index (χ2n) is 5.96. The van der Waals surface area contributed by atoms with E-state index >= 15 is 0 Å². The molecule has 0 spiro atoms. The largest absolute Gasteiger partial charge is 0.372 e. The maximum absolute atomic E-state index is 6.14. The van der Waals surface area contributed by atoms with Gasteiger partial charge in [-0.3, -0.25) is 0 Å². The van der Waals surface area contributed by atoms with Crippen LogP contribution in [0.5, 0.6) is 0 Å². The van der Waals surface area contributed by atoms with Crippen molar-refractivity contribution in [2.24, 2.45) is 5.92 Å².